The van der Waals surface area contributed by atoms with Crippen LogP contribution >= 0.6 is 0 Å². The molecule has 102 valence electrons. The average molecular weight is 261 g/mol. The third-order valence-corrected chi connectivity index (χ3v) is 3.37. The van der Waals surface area contributed by atoms with Crippen LogP contribution in [0.4, 0.5) is 0 Å². The van der Waals surface area contributed by atoms with E-state index < -0.39 is 0 Å². The highest BCUT2D eigenvalue weighted by Crippen LogP contribution is 2.10. The number of piperazine rings is 1. The highest BCUT2D eigenvalue weighted by atomic mass is 16.2. The van der Waals surface area contributed by atoms with Gasteiger partial charge in [-0.05, 0) is 24.7 Å². The van der Waals surface area contributed by atoms with Crippen molar-refractivity contribution in [1.82, 2.24) is 9.80 Å². The lowest BCUT2D eigenvalue weighted by Crippen LogP contribution is -2.47. The third kappa shape index (κ3) is 3.54. The van der Waals surface area contributed by atoms with E-state index in [-0.39, 0.29) is 18.2 Å². The Balaban J connectivity index is 2.01. The predicted octanol–water partition coefficient (Wildman–Crippen LogP) is 0.102. The maximum Gasteiger partial charge on any atom is 0.253 e. The Hall–Kier alpha value is -1.88. The summed E-state index contributed by atoms with van der Waals surface area (Å²) >= 11 is 0. The van der Waals surface area contributed by atoms with Crippen LogP contribution in [0, 0.1) is 0 Å². The lowest BCUT2D eigenvalue weighted by molar-refractivity contribution is -0.117. The molecule has 0 radical (unpaired) electrons. The molecule has 1 heterocycles. The summed E-state index contributed by atoms with van der Waals surface area (Å²) < 4.78 is 0. The number of hydrogen-bond acceptors (Lipinski definition) is 3. The second-order valence-electron chi connectivity index (χ2n) is 4.94. The van der Waals surface area contributed by atoms with E-state index in [1.165, 1.54) is 0 Å². The molecule has 5 heteroatoms. The molecule has 0 aliphatic carbocycles. The molecule has 1 saturated heterocycles. The minimum atomic E-state index is -0.363. The van der Waals surface area contributed by atoms with Gasteiger partial charge in [0.15, 0.2) is 0 Å². The monoisotopic (exact) mass is 261 g/mol. The Morgan fingerprint density at radius 1 is 1.11 bits per heavy atom. The number of carbonyl (C=O) groups is 2. The summed E-state index contributed by atoms with van der Waals surface area (Å²) in [4.78, 5) is 27.1. The van der Waals surface area contributed by atoms with Gasteiger partial charge in [0.2, 0.25) is 5.91 Å². The van der Waals surface area contributed by atoms with E-state index in [0.29, 0.717) is 5.56 Å². The van der Waals surface area contributed by atoms with E-state index in [4.69, 9.17) is 5.73 Å². The van der Waals surface area contributed by atoms with Crippen LogP contribution in [0.25, 0.3) is 0 Å². The van der Waals surface area contributed by atoms with Gasteiger partial charge in [-0.1, -0.05) is 12.1 Å². The highest BCUT2D eigenvalue weighted by Gasteiger charge is 2.20. The fraction of sp³-hybridized carbons (Fsp3) is 0.429. The molecule has 2 rings (SSSR count). The topological polar surface area (TPSA) is 66.6 Å². The van der Waals surface area contributed by atoms with Crippen molar-refractivity contribution < 1.29 is 9.59 Å². The quantitative estimate of drug-likeness (QED) is 0.839. The number of hydrogen-bond donors (Lipinski definition) is 1. The molecule has 1 aromatic carbocycles. The predicted molar refractivity (Wildman–Crippen MR) is 72.7 cm³/mol. The van der Waals surface area contributed by atoms with Crippen molar-refractivity contribution in [2.24, 2.45) is 5.73 Å². The zero-order valence-corrected chi connectivity index (χ0v) is 11.1. The van der Waals surface area contributed by atoms with E-state index in [1.54, 1.807) is 24.3 Å². The molecule has 2 N–H and O–H groups in total. The molecular weight excluding hydrogens is 242 g/mol. The van der Waals surface area contributed by atoms with Gasteiger partial charge in [-0.25, -0.2) is 0 Å². The zero-order valence-electron chi connectivity index (χ0n) is 11.1. The molecule has 0 aromatic heterocycles. The summed E-state index contributed by atoms with van der Waals surface area (Å²) in [6, 6.07) is 7.10. The lowest BCUT2D eigenvalue weighted by atomic mass is 10.1. The number of nitrogens with zero attached hydrogens (tertiary/aromatic N) is 2. The first kappa shape index (κ1) is 13.5. The summed E-state index contributed by atoms with van der Waals surface area (Å²) in [6.45, 7) is 3.34. The lowest BCUT2D eigenvalue weighted by Gasteiger charge is -2.32. The summed E-state index contributed by atoms with van der Waals surface area (Å²) in [5.74, 6) is -0.308. The molecule has 0 spiro atoms. The Morgan fingerprint density at radius 2 is 1.68 bits per heavy atom. The van der Waals surface area contributed by atoms with Gasteiger partial charge in [0.25, 0.3) is 5.91 Å². The van der Waals surface area contributed by atoms with E-state index in [1.807, 2.05) is 4.90 Å². The zero-order chi connectivity index (χ0) is 13.8. The molecule has 2 amide bonds. The molecule has 1 aliphatic heterocycles. The number of benzene rings is 1. The van der Waals surface area contributed by atoms with Crippen molar-refractivity contribution in [3.8, 4) is 0 Å². The number of nitrogens with two attached hydrogens (primary N) is 1. The van der Waals surface area contributed by atoms with Gasteiger partial charge in [0, 0.05) is 31.7 Å². The van der Waals surface area contributed by atoms with Crippen LogP contribution in [-0.2, 0) is 11.2 Å². The van der Waals surface area contributed by atoms with E-state index in [9.17, 15) is 9.59 Å². The van der Waals surface area contributed by atoms with Gasteiger partial charge < -0.3 is 15.5 Å². The molecule has 1 aromatic rings. The molecule has 1 fully saturated rings. The molecule has 1 aliphatic rings. The standard InChI is InChI=1S/C14H19N3O2/c1-16-6-8-17(9-7-16)14(19)12-4-2-11(3-5-12)10-13(15)18/h2-5H,6-10H2,1H3,(H2,15,18). The molecular formula is C14H19N3O2. The number of amides is 2. The van der Waals surface area contributed by atoms with Crippen molar-refractivity contribution in [3.63, 3.8) is 0 Å². The maximum absolute atomic E-state index is 12.3. The Kier molecular flexibility index (Phi) is 4.16. The molecule has 0 bridgehead atoms. The third-order valence-electron chi connectivity index (χ3n) is 3.37. The number of primary amides is 1. The van der Waals surface area contributed by atoms with E-state index in [2.05, 4.69) is 11.9 Å². The fourth-order valence-electron chi connectivity index (χ4n) is 2.16. The smallest absolute Gasteiger partial charge is 0.253 e. The highest BCUT2D eigenvalue weighted by molar-refractivity contribution is 5.94. The van der Waals surface area contributed by atoms with Gasteiger partial charge in [0.05, 0.1) is 6.42 Å². The molecule has 5 nitrogen and oxygen atoms in total. The normalized spacial score (nSPS) is 16.4. The van der Waals surface area contributed by atoms with Crippen LogP contribution in [0.5, 0.6) is 0 Å². The van der Waals surface area contributed by atoms with Crippen LogP contribution in [-0.4, -0.2) is 54.8 Å². The first-order chi connectivity index (χ1) is 9.06. The SMILES string of the molecule is CN1CCN(C(=O)c2ccc(CC(N)=O)cc2)CC1. The number of likely N-dealkylation sites (N-methyl/N-ethyl adjacent to an activating group) is 1. The van der Waals surface area contributed by atoms with E-state index in [0.717, 1.165) is 31.7 Å². The Labute approximate surface area is 113 Å². The van der Waals surface area contributed by atoms with Crippen LogP contribution in [0.2, 0.25) is 0 Å². The van der Waals surface area contributed by atoms with Crippen LogP contribution in [0.3, 0.4) is 0 Å². The van der Waals surface area contributed by atoms with Crippen molar-refractivity contribution in [1.29, 1.82) is 0 Å². The largest absolute Gasteiger partial charge is 0.369 e. The number of rotatable bonds is 3. The average Bonchev–Trinajstić information content (AvgIpc) is 2.39. The summed E-state index contributed by atoms with van der Waals surface area (Å²) in [6.07, 6.45) is 0.211. The first-order valence-corrected chi connectivity index (χ1v) is 6.41. The minimum Gasteiger partial charge on any atom is -0.369 e. The summed E-state index contributed by atoms with van der Waals surface area (Å²) in [7, 11) is 2.06. The van der Waals surface area contributed by atoms with Crippen molar-refractivity contribution in [2.45, 2.75) is 6.42 Å². The van der Waals surface area contributed by atoms with Crippen molar-refractivity contribution in [3.05, 3.63) is 35.4 Å². The second-order valence-corrected chi connectivity index (χ2v) is 4.94. The number of carbonyl (C=O) groups excluding carboxylic acids is 2. The van der Waals surface area contributed by atoms with Gasteiger partial charge in [0.1, 0.15) is 0 Å². The van der Waals surface area contributed by atoms with Crippen LogP contribution in [0.15, 0.2) is 24.3 Å². The second kappa shape index (κ2) is 5.84. The van der Waals surface area contributed by atoms with Crippen LogP contribution < -0.4 is 5.73 Å². The van der Waals surface area contributed by atoms with Gasteiger partial charge in [-0.15, -0.1) is 0 Å². The van der Waals surface area contributed by atoms with E-state index >= 15 is 0 Å². The minimum absolute atomic E-state index is 0.0544. The molecule has 0 unspecified atom stereocenters. The van der Waals surface area contributed by atoms with Gasteiger partial charge in [-0.2, -0.15) is 0 Å². The van der Waals surface area contributed by atoms with Crippen molar-refractivity contribution >= 4 is 11.8 Å². The Morgan fingerprint density at radius 3 is 2.21 bits per heavy atom. The summed E-state index contributed by atoms with van der Waals surface area (Å²) in [5.41, 5.74) is 6.63. The summed E-state index contributed by atoms with van der Waals surface area (Å²) in [5, 5.41) is 0. The molecule has 0 atom stereocenters. The molecule has 19 heavy (non-hydrogen) atoms. The molecule has 0 saturated carbocycles. The fourth-order valence-corrected chi connectivity index (χ4v) is 2.16. The van der Waals surface area contributed by atoms with Gasteiger partial charge >= 0.3 is 0 Å². The van der Waals surface area contributed by atoms with Crippen molar-refractivity contribution in [2.75, 3.05) is 33.2 Å². The van der Waals surface area contributed by atoms with Gasteiger partial charge in [-0.3, -0.25) is 9.59 Å². The maximum atomic E-state index is 12.3. The van der Waals surface area contributed by atoms with Crippen LogP contribution in [0.1, 0.15) is 15.9 Å². The Bertz CT molecular complexity index is 462. The first-order valence-electron chi connectivity index (χ1n) is 6.41.